The van der Waals surface area contributed by atoms with E-state index >= 15 is 0 Å². The summed E-state index contributed by atoms with van der Waals surface area (Å²) in [5.74, 6) is 0. The van der Waals surface area contributed by atoms with Gasteiger partial charge < -0.3 is 4.90 Å². The number of hydrogen-bond acceptors (Lipinski definition) is 1. The molecule has 1 nitrogen and oxygen atoms in total. The van der Waals surface area contributed by atoms with E-state index in [1.807, 2.05) is 0 Å². The Kier molecular flexibility index (Phi) is 9.22. The number of rotatable bonds is 7. The van der Waals surface area contributed by atoms with Crippen LogP contribution >= 0.6 is 0 Å². The lowest BCUT2D eigenvalue weighted by Gasteiger charge is -2.34. The van der Waals surface area contributed by atoms with Crippen LogP contribution in [-0.4, -0.2) is 0 Å². The van der Waals surface area contributed by atoms with Crippen molar-refractivity contribution in [2.45, 2.75) is 24.7 Å². The van der Waals surface area contributed by atoms with Crippen molar-refractivity contribution in [3.05, 3.63) is 294 Å². The first-order valence-corrected chi connectivity index (χ1v) is 24.9. The van der Waals surface area contributed by atoms with Crippen molar-refractivity contribution in [2.75, 3.05) is 4.90 Å². The topological polar surface area (TPSA) is 3.24 Å². The second-order valence-corrected chi connectivity index (χ2v) is 20.0. The zero-order valence-electron chi connectivity index (χ0n) is 39.8. The first kappa shape index (κ1) is 41.2. The first-order valence-electron chi connectivity index (χ1n) is 24.9. The van der Waals surface area contributed by atoms with Gasteiger partial charge in [-0.25, -0.2) is 0 Å². The lowest BCUT2D eigenvalue weighted by Crippen LogP contribution is -2.28. The maximum atomic E-state index is 2.51. The lowest BCUT2D eigenvalue weighted by molar-refractivity contribution is 0.660. The third-order valence-electron chi connectivity index (χ3n) is 15.9. The molecule has 12 aromatic rings. The summed E-state index contributed by atoms with van der Waals surface area (Å²) in [6.07, 6.45) is 0. The van der Waals surface area contributed by atoms with Gasteiger partial charge in [0.2, 0.25) is 0 Å². The van der Waals surface area contributed by atoms with E-state index in [9.17, 15) is 0 Å². The van der Waals surface area contributed by atoms with Gasteiger partial charge in [-0.05, 0) is 171 Å². The van der Waals surface area contributed by atoms with Crippen molar-refractivity contribution in [3.8, 4) is 44.5 Å². The summed E-state index contributed by atoms with van der Waals surface area (Å²) in [5.41, 5.74) is 20.8. The van der Waals surface area contributed by atoms with Gasteiger partial charge in [-0.3, -0.25) is 0 Å². The molecule has 2 aliphatic carbocycles. The molecule has 1 heteroatoms. The summed E-state index contributed by atoms with van der Waals surface area (Å²) in [4.78, 5) is 2.37. The molecule has 71 heavy (non-hydrogen) atoms. The molecule has 0 fully saturated rings. The maximum Gasteiger partial charge on any atom is 0.0713 e. The molecule has 12 aromatic carbocycles. The number of benzene rings is 12. The fourth-order valence-electron chi connectivity index (χ4n) is 12.7. The fourth-order valence-corrected chi connectivity index (χ4v) is 12.7. The molecule has 0 saturated carbocycles. The Morgan fingerprint density at radius 1 is 0.282 bits per heavy atom. The van der Waals surface area contributed by atoms with Gasteiger partial charge in [0.05, 0.1) is 5.41 Å². The smallest absolute Gasteiger partial charge is 0.0713 e. The quantitative estimate of drug-likeness (QED) is 0.144. The van der Waals surface area contributed by atoms with E-state index in [1.54, 1.807) is 0 Å². The van der Waals surface area contributed by atoms with Crippen molar-refractivity contribution in [2.24, 2.45) is 0 Å². The number of anilines is 3. The highest BCUT2D eigenvalue weighted by atomic mass is 15.1. The largest absolute Gasteiger partial charge is 0.310 e. The van der Waals surface area contributed by atoms with Crippen LogP contribution in [0.1, 0.15) is 47.2 Å². The fraction of sp³-hybridized carbons (Fsp3) is 0.0571. The Morgan fingerprint density at radius 3 is 1.31 bits per heavy atom. The molecule has 0 radical (unpaired) electrons. The average molecular weight is 904 g/mol. The van der Waals surface area contributed by atoms with Crippen molar-refractivity contribution < 1.29 is 0 Å². The molecule has 0 spiro atoms. The minimum Gasteiger partial charge on any atom is -0.310 e. The van der Waals surface area contributed by atoms with Crippen LogP contribution in [0.2, 0.25) is 0 Å². The highest BCUT2D eigenvalue weighted by molar-refractivity contribution is 6.24. The molecule has 0 N–H and O–H groups in total. The highest BCUT2D eigenvalue weighted by Crippen LogP contribution is 2.58. The molecule has 334 valence electrons. The summed E-state index contributed by atoms with van der Waals surface area (Å²) in [6, 6.07) is 97.3. The van der Waals surface area contributed by atoms with Gasteiger partial charge in [0.25, 0.3) is 0 Å². The Morgan fingerprint density at radius 2 is 0.718 bits per heavy atom. The zero-order chi connectivity index (χ0) is 47.3. The van der Waals surface area contributed by atoms with Gasteiger partial charge in [0.15, 0.2) is 0 Å². The number of fused-ring (bicyclic) bond motifs is 9. The van der Waals surface area contributed by atoms with E-state index in [1.165, 1.54) is 110 Å². The van der Waals surface area contributed by atoms with E-state index in [0.717, 1.165) is 17.1 Å². The minimum absolute atomic E-state index is 0.247. The Labute approximate surface area is 415 Å². The molecule has 0 heterocycles. The zero-order valence-corrected chi connectivity index (χ0v) is 39.8. The van der Waals surface area contributed by atoms with Gasteiger partial charge in [-0.2, -0.15) is 0 Å². The summed E-state index contributed by atoms with van der Waals surface area (Å²) >= 11 is 0. The Balaban J connectivity index is 0.968. The molecule has 0 saturated heterocycles. The third kappa shape index (κ3) is 6.13. The van der Waals surface area contributed by atoms with Crippen LogP contribution in [0.15, 0.2) is 261 Å². The molecule has 0 bridgehead atoms. The molecule has 0 aromatic heterocycles. The predicted octanol–water partition coefficient (Wildman–Crippen LogP) is 18.6. The Hall–Kier alpha value is -8.78. The standard InChI is InChI=1S/C70H49N/c1-69(2)65-44-49(35-38-56(65)57-39-37-54(45-66(57)69)71(52-27-11-5-12-28-52)53-29-13-6-14-30-53)68-59-33-18-17-32-58(59)67(61-41-46-21-15-16-22-47(46)42-62(61)68)48-36-40-64-60(43-48)55-31-19-20-34-63(55)70(64,50-23-7-3-8-24-50)51-25-9-4-10-26-51/h3-45H,1-2H3. The molecular weight excluding hydrogens is 855 g/mol. The maximum absolute atomic E-state index is 2.51. The van der Waals surface area contributed by atoms with E-state index < -0.39 is 5.41 Å². The van der Waals surface area contributed by atoms with Gasteiger partial charge in [0, 0.05) is 22.5 Å². The van der Waals surface area contributed by atoms with Crippen molar-refractivity contribution in [1.82, 2.24) is 0 Å². The molecular formula is C70H49N. The highest BCUT2D eigenvalue weighted by Gasteiger charge is 2.46. The monoisotopic (exact) mass is 903 g/mol. The Bertz CT molecular complexity index is 3980. The normalized spacial score (nSPS) is 13.7. The predicted molar refractivity (Wildman–Crippen MR) is 299 cm³/mol. The van der Waals surface area contributed by atoms with Gasteiger partial charge >= 0.3 is 0 Å². The number of nitrogens with zero attached hydrogens (tertiary/aromatic N) is 1. The SMILES string of the molecule is CC1(C)c2cc(-c3c4ccccc4c(-c4ccc5c(c4)-c4ccccc4C5(c4ccccc4)c4ccccc4)c4cc5ccccc5cc34)ccc2-c2ccc(N(c3ccccc3)c3ccccc3)cc21. The molecule has 14 rings (SSSR count). The molecule has 0 unspecified atom stereocenters. The van der Waals surface area contributed by atoms with Gasteiger partial charge in [-0.15, -0.1) is 0 Å². The van der Waals surface area contributed by atoms with Crippen LogP contribution in [-0.2, 0) is 10.8 Å². The van der Waals surface area contributed by atoms with E-state index in [-0.39, 0.29) is 5.41 Å². The third-order valence-corrected chi connectivity index (χ3v) is 15.9. The van der Waals surface area contributed by atoms with Crippen LogP contribution in [0.3, 0.4) is 0 Å². The second kappa shape index (κ2) is 15.9. The number of para-hydroxylation sites is 2. The van der Waals surface area contributed by atoms with Crippen LogP contribution in [0.25, 0.3) is 76.8 Å². The van der Waals surface area contributed by atoms with Crippen molar-refractivity contribution in [1.29, 1.82) is 0 Å². The van der Waals surface area contributed by atoms with Gasteiger partial charge in [0.1, 0.15) is 0 Å². The minimum atomic E-state index is -0.455. The van der Waals surface area contributed by atoms with Gasteiger partial charge in [-0.1, -0.05) is 214 Å². The molecule has 2 aliphatic rings. The average Bonchev–Trinajstić information content (AvgIpc) is 3.85. The lowest BCUT2D eigenvalue weighted by atomic mass is 9.67. The van der Waals surface area contributed by atoms with Crippen LogP contribution in [0, 0.1) is 0 Å². The molecule has 0 atom stereocenters. The molecule has 0 amide bonds. The van der Waals surface area contributed by atoms with E-state index in [0.29, 0.717) is 0 Å². The summed E-state index contributed by atoms with van der Waals surface area (Å²) in [5, 5.41) is 7.51. The summed E-state index contributed by atoms with van der Waals surface area (Å²) < 4.78 is 0. The van der Waals surface area contributed by atoms with Crippen LogP contribution in [0.4, 0.5) is 17.1 Å². The summed E-state index contributed by atoms with van der Waals surface area (Å²) in [6.45, 7) is 4.81. The molecule has 0 aliphatic heterocycles. The van der Waals surface area contributed by atoms with E-state index in [4.69, 9.17) is 0 Å². The van der Waals surface area contributed by atoms with E-state index in [2.05, 4.69) is 280 Å². The first-order chi connectivity index (χ1) is 35.0. The number of hydrogen-bond donors (Lipinski definition) is 0. The summed E-state index contributed by atoms with van der Waals surface area (Å²) in [7, 11) is 0. The second-order valence-electron chi connectivity index (χ2n) is 20.0. The van der Waals surface area contributed by atoms with Crippen LogP contribution < -0.4 is 4.90 Å². The van der Waals surface area contributed by atoms with Crippen LogP contribution in [0.5, 0.6) is 0 Å². The van der Waals surface area contributed by atoms with Crippen molar-refractivity contribution >= 4 is 49.4 Å². The van der Waals surface area contributed by atoms with Crippen molar-refractivity contribution in [3.63, 3.8) is 0 Å².